The molecule has 35 heavy (non-hydrogen) atoms. The first-order valence-electron chi connectivity index (χ1n) is 9.68. The molecule has 0 bridgehead atoms. The molecule has 2 aromatic heterocycles. The monoisotopic (exact) mass is 520 g/mol. The van der Waals surface area contributed by atoms with Crippen LogP contribution in [-0.2, 0) is 22.1 Å². The maximum absolute atomic E-state index is 13.1. The minimum Gasteiger partial charge on any atom is -0.342 e. The largest absolute Gasteiger partial charge is 0.416 e. The van der Waals surface area contributed by atoms with E-state index in [0.717, 1.165) is 6.33 Å². The molecule has 3 aromatic rings. The Kier molecular flexibility index (Phi) is 6.93. The van der Waals surface area contributed by atoms with Crippen molar-refractivity contribution in [2.24, 2.45) is 4.36 Å². The Bertz CT molecular complexity index is 1320. The Hall–Kier alpha value is -3.49. The van der Waals surface area contributed by atoms with E-state index in [1.54, 1.807) is 0 Å². The predicted molar refractivity (Wildman–Crippen MR) is 114 cm³/mol. The summed E-state index contributed by atoms with van der Waals surface area (Å²) in [5, 5.41) is 6.32. The highest BCUT2D eigenvalue weighted by molar-refractivity contribution is 7.92. The van der Waals surface area contributed by atoms with E-state index >= 15 is 0 Å². The first-order valence-corrected chi connectivity index (χ1v) is 12.0. The maximum Gasteiger partial charge on any atom is 0.416 e. The second-order valence-corrected chi connectivity index (χ2v) is 10.2. The van der Waals surface area contributed by atoms with Gasteiger partial charge in [-0.25, -0.2) is 14.2 Å². The zero-order chi connectivity index (χ0) is 26.2. The molecule has 0 aliphatic carbocycles. The minimum absolute atomic E-state index is 0.0616. The van der Waals surface area contributed by atoms with E-state index in [1.165, 1.54) is 42.4 Å². The molecule has 0 aliphatic heterocycles. The highest BCUT2D eigenvalue weighted by atomic mass is 32.2. The van der Waals surface area contributed by atoms with Crippen LogP contribution >= 0.6 is 0 Å². The van der Waals surface area contributed by atoms with Gasteiger partial charge in [0.2, 0.25) is 0 Å². The Balaban J connectivity index is 1.89. The lowest BCUT2D eigenvalue weighted by molar-refractivity contribution is -0.143. The topological polar surface area (TPSA) is 102 Å². The lowest BCUT2D eigenvalue weighted by Gasteiger charge is -2.17. The van der Waals surface area contributed by atoms with Crippen molar-refractivity contribution in [3.05, 3.63) is 65.4 Å². The highest BCUT2D eigenvalue weighted by Crippen LogP contribution is 2.36. The van der Waals surface area contributed by atoms with Crippen molar-refractivity contribution in [2.45, 2.75) is 25.3 Å². The summed E-state index contributed by atoms with van der Waals surface area (Å²) in [6.07, 6.45) is -4.82. The van der Waals surface area contributed by atoms with Gasteiger partial charge in [0.25, 0.3) is 5.91 Å². The van der Waals surface area contributed by atoms with Gasteiger partial charge in [0, 0.05) is 27.8 Å². The van der Waals surface area contributed by atoms with Crippen LogP contribution in [0.3, 0.4) is 0 Å². The molecule has 8 nitrogen and oxygen atoms in total. The highest BCUT2D eigenvalue weighted by Gasteiger charge is 2.37. The molecule has 3 rings (SSSR count). The van der Waals surface area contributed by atoms with Gasteiger partial charge in [-0.3, -0.25) is 4.79 Å². The first-order chi connectivity index (χ1) is 16.0. The molecule has 0 spiro atoms. The fraction of sp³-hybridized carbons (Fsp3) is 0.300. The number of hydrogen-bond donors (Lipinski definition) is 1. The predicted octanol–water partition coefficient (Wildman–Crippen LogP) is 4.55. The Morgan fingerprint density at radius 3 is 2.11 bits per heavy atom. The lowest BCUT2D eigenvalue weighted by Crippen LogP contribution is -2.29. The van der Waals surface area contributed by atoms with Crippen LogP contribution in [0.25, 0.3) is 5.82 Å². The molecule has 188 valence electrons. The van der Waals surface area contributed by atoms with E-state index in [4.69, 9.17) is 0 Å². The van der Waals surface area contributed by atoms with Crippen molar-refractivity contribution in [3.8, 4) is 5.82 Å². The van der Waals surface area contributed by atoms with E-state index in [2.05, 4.69) is 24.7 Å². The SMILES string of the molecule is C[C@H](NC(=O)c1cc(C(F)(F)F)cc(C(F)(F)F)c1)c1ncnn1-c1ccc(N=S(C)(C)=O)cn1. The molecule has 0 saturated carbocycles. The first kappa shape index (κ1) is 26.1. The van der Waals surface area contributed by atoms with E-state index < -0.39 is 50.7 Å². The lowest BCUT2D eigenvalue weighted by atomic mass is 10.0. The van der Waals surface area contributed by atoms with Gasteiger partial charge in [0.1, 0.15) is 6.33 Å². The van der Waals surface area contributed by atoms with Crippen LogP contribution in [0, 0.1) is 0 Å². The molecular formula is C20H18F6N6O2S. The van der Waals surface area contributed by atoms with E-state index in [0.29, 0.717) is 17.8 Å². The second-order valence-electron chi connectivity index (χ2n) is 7.67. The van der Waals surface area contributed by atoms with Crippen LogP contribution in [0.15, 0.2) is 47.2 Å². The standard InChI is InChI=1S/C20H18F6N6O2S/c1-11(17-28-10-29-32(17)16-5-4-15(9-27-16)31-35(2,3)34)30-18(33)12-6-13(19(21,22)23)8-14(7-12)20(24,25)26/h4-11H,1-3H3,(H,30,33)/t11-/m0/s1. The van der Waals surface area contributed by atoms with Crippen molar-refractivity contribution >= 4 is 21.3 Å². The molecule has 0 fully saturated rings. The number of halogens is 6. The maximum atomic E-state index is 13.1. The molecule has 1 atom stereocenters. The van der Waals surface area contributed by atoms with E-state index in [9.17, 15) is 35.3 Å². The Morgan fingerprint density at radius 2 is 1.63 bits per heavy atom. The fourth-order valence-corrected chi connectivity index (χ4v) is 3.58. The van der Waals surface area contributed by atoms with Crippen molar-refractivity contribution < 1.29 is 35.3 Å². The average Bonchev–Trinajstić information content (AvgIpc) is 3.21. The summed E-state index contributed by atoms with van der Waals surface area (Å²) in [6.45, 7) is 1.42. The number of alkyl halides is 6. The van der Waals surface area contributed by atoms with Crippen molar-refractivity contribution in [1.29, 1.82) is 0 Å². The van der Waals surface area contributed by atoms with Crippen molar-refractivity contribution in [2.75, 3.05) is 12.5 Å². The van der Waals surface area contributed by atoms with Crippen LogP contribution in [0.5, 0.6) is 0 Å². The third-order valence-electron chi connectivity index (χ3n) is 4.43. The summed E-state index contributed by atoms with van der Waals surface area (Å²) in [4.78, 5) is 20.7. The summed E-state index contributed by atoms with van der Waals surface area (Å²) < 4.78 is 95.6. The number of hydrogen-bond acceptors (Lipinski definition) is 6. The molecule has 1 N–H and O–H groups in total. The summed E-state index contributed by atoms with van der Waals surface area (Å²) in [5.41, 5.74) is -3.69. The molecule has 0 aliphatic rings. The van der Waals surface area contributed by atoms with Gasteiger partial charge in [0.05, 0.1) is 29.1 Å². The number of pyridine rings is 1. The number of aromatic nitrogens is 4. The Morgan fingerprint density at radius 1 is 1.03 bits per heavy atom. The number of amides is 1. The summed E-state index contributed by atoms with van der Waals surface area (Å²) in [5.74, 6) is -0.838. The van der Waals surface area contributed by atoms with E-state index in [-0.39, 0.29) is 17.7 Å². The van der Waals surface area contributed by atoms with Gasteiger partial charge in [-0.05, 0) is 37.3 Å². The second kappa shape index (κ2) is 9.28. The smallest absolute Gasteiger partial charge is 0.342 e. The van der Waals surface area contributed by atoms with Gasteiger partial charge in [0.15, 0.2) is 11.6 Å². The third kappa shape index (κ3) is 6.55. The summed E-state index contributed by atoms with van der Waals surface area (Å²) in [6, 6.07) is 2.64. The van der Waals surface area contributed by atoms with Crippen LogP contribution in [0.1, 0.15) is 40.3 Å². The third-order valence-corrected chi connectivity index (χ3v) is 5.08. The van der Waals surface area contributed by atoms with Gasteiger partial charge in [-0.2, -0.15) is 40.5 Å². The van der Waals surface area contributed by atoms with Gasteiger partial charge >= 0.3 is 12.4 Å². The van der Waals surface area contributed by atoms with Crippen LogP contribution in [0.4, 0.5) is 32.0 Å². The van der Waals surface area contributed by atoms with Crippen molar-refractivity contribution in [3.63, 3.8) is 0 Å². The number of rotatable bonds is 5. The quantitative estimate of drug-likeness (QED) is 0.498. The minimum atomic E-state index is -5.09. The molecule has 2 heterocycles. The van der Waals surface area contributed by atoms with Crippen LogP contribution in [0.2, 0.25) is 0 Å². The summed E-state index contributed by atoms with van der Waals surface area (Å²) >= 11 is 0. The number of carbonyl (C=O) groups excluding carboxylic acids is 1. The van der Waals surface area contributed by atoms with Gasteiger partial charge in [-0.15, -0.1) is 0 Å². The van der Waals surface area contributed by atoms with Crippen molar-refractivity contribution in [1.82, 2.24) is 25.1 Å². The molecular weight excluding hydrogens is 502 g/mol. The fourth-order valence-electron chi connectivity index (χ4n) is 2.96. The Labute approximate surface area is 195 Å². The number of carbonyl (C=O) groups is 1. The van der Waals surface area contributed by atoms with Crippen LogP contribution in [-0.4, -0.2) is 42.4 Å². The van der Waals surface area contributed by atoms with E-state index in [1.807, 2.05) is 0 Å². The molecule has 15 heteroatoms. The van der Waals surface area contributed by atoms with Crippen LogP contribution < -0.4 is 5.32 Å². The molecule has 1 aromatic carbocycles. The normalized spacial score (nSPS) is 13.4. The zero-order valence-electron chi connectivity index (χ0n) is 18.3. The summed E-state index contributed by atoms with van der Waals surface area (Å²) in [7, 11) is -2.42. The van der Waals surface area contributed by atoms with Gasteiger partial charge < -0.3 is 5.32 Å². The van der Waals surface area contributed by atoms with Gasteiger partial charge in [-0.1, -0.05) is 0 Å². The molecule has 0 saturated heterocycles. The average molecular weight is 520 g/mol. The molecule has 1 amide bonds. The molecule has 0 radical (unpaired) electrons. The number of benzene rings is 1. The molecule has 0 unspecified atom stereocenters. The zero-order valence-corrected chi connectivity index (χ0v) is 19.2. The number of nitrogens with one attached hydrogen (secondary N) is 1. The number of nitrogens with zero attached hydrogens (tertiary/aromatic N) is 5.